The molecule has 7 heteroatoms. The van der Waals surface area contributed by atoms with Crippen LogP contribution in [0.5, 0.6) is 0 Å². The molecule has 0 spiro atoms. The Hall–Kier alpha value is -1.89. The second-order valence-electron chi connectivity index (χ2n) is 6.17. The van der Waals surface area contributed by atoms with Crippen molar-refractivity contribution in [1.29, 1.82) is 0 Å². The summed E-state index contributed by atoms with van der Waals surface area (Å²) in [6.07, 6.45) is 0.871. The minimum atomic E-state index is -0.157. The number of rotatable bonds is 5. The number of halogens is 1. The molecule has 2 aromatic rings. The molecule has 3 N–H and O–H groups in total. The van der Waals surface area contributed by atoms with Crippen LogP contribution >= 0.6 is 11.6 Å². The second-order valence-corrected chi connectivity index (χ2v) is 6.57. The molecule has 3 rings (SSSR count). The number of hydrogen-bond acceptors (Lipinski definition) is 4. The quantitative estimate of drug-likeness (QED) is 0.770. The summed E-state index contributed by atoms with van der Waals surface area (Å²) in [6, 6.07) is 7.70. The topological polar surface area (TPSA) is 73.0 Å². The maximum atomic E-state index is 12.5. The predicted octanol–water partition coefficient (Wildman–Crippen LogP) is 1.74. The smallest absolute Gasteiger partial charge is 0.272 e. The standard InChI is InChI=1S/C17H22ClN5O/c1-23(2)15(11-5-3-4-6-13(11)18)10-20-17(24)16-12-9-19-8-7-14(12)21-22-16/h3-6,15,19H,7-10H2,1-2H3,(H,20,24)(H,21,22). The van der Waals surface area contributed by atoms with Crippen molar-refractivity contribution in [2.45, 2.75) is 19.0 Å². The van der Waals surface area contributed by atoms with Crippen molar-refractivity contribution in [2.75, 3.05) is 27.2 Å². The number of H-pyrrole nitrogens is 1. The molecule has 0 radical (unpaired) electrons. The van der Waals surface area contributed by atoms with Gasteiger partial charge < -0.3 is 15.5 Å². The van der Waals surface area contributed by atoms with E-state index in [1.807, 2.05) is 43.3 Å². The zero-order chi connectivity index (χ0) is 17.1. The highest BCUT2D eigenvalue weighted by Gasteiger charge is 2.23. The Kier molecular flexibility index (Phi) is 5.18. The van der Waals surface area contributed by atoms with E-state index in [1.165, 1.54) is 0 Å². The third kappa shape index (κ3) is 3.45. The van der Waals surface area contributed by atoms with Crippen LogP contribution in [0.25, 0.3) is 0 Å². The molecule has 0 bridgehead atoms. The molecule has 1 aliphatic rings. The van der Waals surface area contributed by atoms with E-state index in [0.717, 1.165) is 29.8 Å². The van der Waals surface area contributed by atoms with Crippen LogP contribution in [0.4, 0.5) is 0 Å². The third-order valence-electron chi connectivity index (χ3n) is 4.36. The molecule has 1 atom stereocenters. The Morgan fingerprint density at radius 1 is 1.42 bits per heavy atom. The number of likely N-dealkylation sites (N-methyl/N-ethyl adjacent to an activating group) is 1. The summed E-state index contributed by atoms with van der Waals surface area (Å²) < 4.78 is 0. The average Bonchev–Trinajstić information content (AvgIpc) is 3.00. The van der Waals surface area contributed by atoms with Crippen molar-refractivity contribution in [2.24, 2.45) is 0 Å². The van der Waals surface area contributed by atoms with Crippen molar-refractivity contribution >= 4 is 17.5 Å². The van der Waals surface area contributed by atoms with Gasteiger partial charge in [-0.1, -0.05) is 29.8 Å². The number of fused-ring (bicyclic) bond motifs is 1. The lowest BCUT2D eigenvalue weighted by Gasteiger charge is -2.26. The number of amides is 1. The highest BCUT2D eigenvalue weighted by molar-refractivity contribution is 6.31. The summed E-state index contributed by atoms with van der Waals surface area (Å²) in [5, 5.41) is 14.1. The Bertz CT molecular complexity index is 728. The van der Waals surface area contributed by atoms with Crippen molar-refractivity contribution in [1.82, 2.24) is 25.7 Å². The van der Waals surface area contributed by atoms with Gasteiger partial charge in [0.2, 0.25) is 0 Å². The Balaban J connectivity index is 1.72. The minimum absolute atomic E-state index is 0.00413. The fourth-order valence-electron chi connectivity index (χ4n) is 3.00. The van der Waals surface area contributed by atoms with E-state index in [9.17, 15) is 4.79 Å². The van der Waals surface area contributed by atoms with Gasteiger partial charge in [-0.15, -0.1) is 0 Å². The van der Waals surface area contributed by atoms with E-state index in [1.54, 1.807) is 0 Å². The molecule has 1 aromatic heterocycles. The number of aromatic amines is 1. The zero-order valence-electron chi connectivity index (χ0n) is 13.9. The van der Waals surface area contributed by atoms with Gasteiger partial charge in [-0.2, -0.15) is 5.10 Å². The van der Waals surface area contributed by atoms with Crippen LogP contribution in [0.1, 0.15) is 33.4 Å². The Morgan fingerprint density at radius 2 is 2.21 bits per heavy atom. The maximum absolute atomic E-state index is 12.5. The van der Waals surface area contributed by atoms with Crippen molar-refractivity contribution < 1.29 is 4.79 Å². The summed E-state index contributed by atoms with van der Waals surface area (Å²) in [6.45, 7) is 2.05. The number of nitrogens with zero attached hydrogens (tertiary/aromatic N) is 2. The third-order valence-corrected chi connectivity index (χ3v) is 4.71. The highest BCUT2D eigenvalue weighted by Crippen LogP contribution is 2.25. The van der Waals surface area contributed by atoms with Crippen LogP contribution in [0, 0.1) is 0 Å². The highest BCUT2D eigenvalue weighted by atomic mass is 35.5. The zero-order valence-corrected chi connectivity index (χ0v) is 14.7. The fourth-order valence-corrected chi connectivity index (χ4v) is 3.26. The van der Waals surface area contributed by atoms with Gasteiger partial charge in [-0.3, -0.25) is 9.89 Å². The first-order chi connectivity index (χ1) is 11.6. The maximum Gasteiger partial charge on any atom is 0.272 e. The number of carbonyl (C=O) groups is 1. The number of carbonyl (C=O) groups excluding carboxylic acids is 1. The van der Waals surface area contributed by atoms with Gasteiger partial charge in [0.05, 0.1) is 6.04 Å². The molecule has 1 aromatic carbocycles. The summed E-state index contributed by atoms with van der Waals surface area (Å²) in [5.41, 5.74) is 3.50. The van der Waals surface area contributed by atoms with Gasteiger partial charge >= 0.3 is 0 Å². The van der Waals surface area contributed by atoms with Crippen LogP contribution in [0.15, 0.2) is 24.3 Å². The summed E-state index contributed by atoms with van der Waals surface area (Å²) in [5.74, 6) is -0.157. The molecule has 0 aliphatic carbocycles. The molecule has 6 nitrogen and oxygen atoms in total. The van der Waals surface area contributed by atoms with E-state index in [2.05, 4.69) is 20.8 Å². The first kappa shape index (κ1) is 17.0. The molecule has 1 unspecified atom stereocenters. The number of aromatic nitrogens is 2. The molecule has 2 heterocycles. The molecule has 1 amide bonds. The molecule has 24 heavy (non-hydrogen) atoms. The normalized spacial score (nSPS) is 15.2. The largest absolute Gasteiger partial charge is 0.349 e. The minimum Gasteiger partial charge on any atom is -0.349 e. The molecular weight excluding hydrogens is 326 g/mol. The van der Waals surface area contributed by atoms with Crippen molar-refractivity contribution in [3.8, 4) is 0 Å². The van der Waals surface area contributed by atoms with Gasteiger partial charge in [0, 0.05) is 42.3 Å². The van der Waals surface area contributed by atoms with Gasteiger partial charge in [0.25, 0.3) is 5.91 Å². The number of benzene rings is 1. The van der Waals surface area contributed by atoms with E-state index in [0.29, 0.717) is 23.8 Å². The van der Waals surface area contributed by atoms with Crippen LogP contribution in [-0.2, 0) is 13.0 Å². The summed E-state index contributed by atoms with van der Waals surface area (Å²) >= 11 is 6.31. The molecular formula is C17H22ClN5O. The first-order valence-electron chi connectivity index (χ1n) is 8.03. The number of nitrogens with one attached hydrogen (secondary N) is 3. The Morgan fingerprint density at radius 3 is 2.96 bits per heavy atom. The monoisotopic (exact) mass is 347 g/mol. The van der Waals surface area contributed by atoms with Gasteiger partial charge in [-0.25, -0.2) is 0 Å². The average molecular weight is 348 g/mol. The fraction of sp³-hybridized carbons (Fsp3) is 0.412. The van der Waals surface area contributed by atoms with Crippen molar-refractivity contribution in [3.05, 3.63) is 51.8 Å². The van der Waals surface area contributed by atoms with Crippen LogP contribution in [-0.4, -0.2) is 48.2 Å². The SMILES string of the molecule is CN(C)C(CNC(=O)c1n[nH]c2c1CNCC2)c1ccccc1Cl. The van der Waals surface area contributed by atoms with E-state index in [4.69, 9.17) is 11.6 Å². The molecule has 1 aliphatic heterocycles. The first-order valence-corrected chi connectivity index (χ1v) is 8.41. The van der Waals surface area contributed by atoms with Crippen LogP contribution in [0.2, 0.25) is 5.02 Å². The molecule has 0 fully saturated rings. The van der Waals surface area contributed by atoms with E-state index < -0.39 is 0 Å². The molecule has 0 saturated heterocycles. The molecule has 0 saturated carbocycles. The van der Waals surface area contributed by atoms with E-state index in [-0.39, 0.29) is 11.9 Å². The molecule has 128 valence electrons. The number of hydrogen-bond donors (Lipinski definition) is 3. The van der Waals surface area contributed by atoms with Crippen LogP contribution < -0.4 is 10.6 Å². The summed E-state index contributed by atoms with van der Waals surface area (Å²) in [4.78, 5) is 14.6. The lowest BCUT2D eigenvalue weighted by molar-refractivity contribution is 0.0935. The van der Waals surface area contributed by atoms with Gasteiger partial charge in [0.15, 0.2) is 5.69 Å². The second kappa shape index (κ2) is 7.34. The lowest BCUT2D eigenvalue weighted by Crippen LogP contribution is -2.35. The van der Waals surface area contributed by atoms with Crippen LogP contribution in [0.3, 0.4) is 0 Å². The Labute approximate surface area is 146 Å². The van der Waals surface area contributed by atoms with Gasteiger partial charge in [0.1, 0.15) is 0 Å². The van der Waals surface area contributed by atoms with Crippen molar-refractivity contribution in [3.63, 3.8) is 0 Å². The van der Waals surface area contributed by atoms with Gasteiger partial charge in [-0.05, 0) is 25.7 Å². The van der Waals surface area contributed by atoms with E-state index >= 15 is 0 Å². The predicted molar refractivity (Wildman–Crippen MR) is 94.2 cm³/mol. The summed E-state index contributed by atoms with van der Waals surface area (Å²) in [7, 11) is 3.95. The lowest BCUT2D eigenvalue weighted by atomic mass is 10.0.